The van der Waals surface area contributed by atoms with Crippen LogP contribution in [0.1, 0.15) is 5.56 Å². The van der Waals surface area contributed by atoms with Crippen LogP contribution < -0.4 is 0 Å². The van der Waals surface area contributed by atoms with Gasteiger partial charge < -0.3 is 0 Å². The molecule has 0 spiro atoms. The van der Waals surface area contributed by atoms with E-state index in [4.69, 9.17) is 0 Å². The lowest BCUT2D eigenvalue weighted by Gasteiger charge is -1.88. The molecule has 0 aliphatic carbocycles. The van der Waals surface area contributed by atoms with Crippen LogP contribution in [0.4, 0.5) is 5.13 Å². The smallest absolute Gasteiger partial charge is 0.226 e. The zero-order valence-electron chi connectivity index (χ0n) is 8.12. The van der Waals surface area contributed by atoms with Gasteiger partial charge in [-0.2, -0.15) is 9.36 Å². The maximum absolute atomic E-state index is 4.25. The molecule has 0 saturated carbocycles. The van der Waals surface area contributed by atoms with E-state index < -0.39 is 0 Å². The number of nitrogens with zero attached hydrogens (tertiary/aromatic N) is 3. The summed E-state index contributed by atoms with van der Waals surface area (Å²) >= 11 is 2.84. The Morgan fingerprint density at radius 1 is 1.33 bits per heavy atom. The minimum atomic E-state index is 0.697. The van der Waals surface area contributed by atoms with Gasteiger partial charge in [0.05, 0.1) is 0 Å². The number of benzene rings is 1. The number of aliphatic imine (C=N–C) groups is 1. The predicted molar refractivity (Wildman–Crippen MR) is 65.4 cm³/mol. The molecule has 2 aromatic rings. The third kappa shape index (κ3) is 2.87. The molecule has 0 fully saturated rings. The molecular weight excluding hydrogens is 226 g/mol. The highest BCUT2D eigenvalue weighted by atomic mass is 32.2. The van der Waals surface area contributed by atoms with Crippen molar-refractivity contribution in [2.24, 2.45) is 4.99 Å². The summed E-state index contributed by atoms with van der Waals surface area (Å²) in [6.07, 6.45) is 3.75. The zero-order valence-corrected chi connectivity index (χ0v) is 9.76. The second kappa shape index (κ2) is 5.04. The summed E-state index contributed by atoms with van der Waals surface area (Å²) in [5, 5.41) is 1.48. The van der Waals surface area contributed by atoms with Crippen LogP contribution >= 0.6 is 23.3 Å². The van der Waals surface area contributed by atoms with Gasteiger partial charge in [-0.1, -0.05) is 42.1 Å². The van der Waals surface area contributed by atoms with Crippen LogP contribution in [0.3, 0.4) is 0 Å². The van der Waals surface area contributed by atoms with Gasteiger partial charge in [0.25, 0.3) is 0 Å². The van der Waals surface area contributed by atoms with E-state index in [0.29, 0.717) is 5.13 Å². The van der Waals surface area contributed by atoms with Crippen molar-refractivity contribution in [1.82, 2.24) is 9.36 Å². The SMILES string of the molecule is CSc1nsc(/N=C/c2ccccc2)n1. The molecule has 0 N–H and O–H groups in total. The van der Waals surface area contributed by atoms with Crippen molar-refractivity contribution in [3.05, 3.63) is 35.9 Å². The molecule has 2 rings (SSSR count). The van der Waals surface area contributed by atoms with Crippen molar-refractivity contribution < 1.29 is 0 Å². The van der Waals surface area contributed by atoms with Gasteiger partial charge in [-0.3, -0.25) is 0 Å². The molecule has 76 valence electrons. The fourth-order valence-electron chi connectivity index (χ4n) is 1.01. The highest BCUT2D eigenvalue weighted by molar-refractivity contribution is 7.98. The number of rotatable bonds is 3. The van der Waals surface area contributed by atoms with Crippen molar-refractivity contribution in [2.75, 3.05) is 6.26 Å². The van der Waals surface area contributed by atoms with E-state index in [0.717, 1.165) is 10.7 Å². The summed E-state index contributed by atoms with van der Waals surface area (Å²) in [5.41, 5.74) is 1.07. The van der Waals surface area contributed by atoms with Crippen LogP contribution in [0.5, 0.6) is 0 Å². The van der Waals surface area contributed by atoms with Gasteiger partial charge in [0.2, 0.25) is 10.3 Å². The van der Waals surface area contributed by atoms with E-state index >= 15 is 0 Å². The lowest BCUT2D eigenvalue weighted by Crippen LogP contribution is -1.77. The standard InChI is InChI=1S/C10H9N3S2/c1-14-10-12-9(15-13-10)11-7-8-5-3-2-4-6-8/h2-7H,1H3/b11-7+. The van der Waals surface area contributed by atoms with Gasteiger partial charge in [0.15, 0.2) is 0 Å². The first kappa shape index (κ1) is 10.3. The molecule has 1 heterocycles. The Bertz CT molecular complexity index is 451. The summed E-state index contributed by atoms with van der Waals surface area (Å²) in [7, 11) is 0. The van der Waals surface area contributed by atoms with E-state index in [1.54, 1.807) is 6.21 Å². The molecule has 0 unspecified atom stereocenters. The van der Waals surface area contributed by atoms with Gasteiger partial charge >= 0.3 is 0 Å². The monoisotopic (exact) mass is 235 g/mol. The summed E-state index contributed by atoms with van der Waals surface area (Å²) in [5.74, 6) is 0. The predicted octanol–water partition coefficient (Wildman–Crippen LogP) is 3.01. The molecule has 0 bridgehead atoms. The lowest BCUT2D eigenvalue weighted by molar-refractivity contribution is 1.08. The molecule has 0 aliphatic rings. The van der Waals surface area contributed by atoms with E-state index in [1.165, 1.54) is 23.3 Å². The Morgan fingerprint density at radius 3 is 2.80 bits per heavy atom. The first-order chi connectivity index (χ1) is 7.38. The molecule has 0 radical (unpaired) electrons. The van der Waals surface area contributed by atoms with Crippen LogP contribution in [0.2, 0.25) is 0 Å². The van der Waals surface area contributed by atoms with Crippen LogP contribution in [0.25, 0.3) is 0 Å². The van der Waals surface area contributed by atoms with Gasteiger partial charge in [0.1, 0.15) is 0 Å². The highest BCUT2D eigenvalue weighted by Gasteiger charge is 1.99. The summed E-state index contributed by atoms with van der Waals surface area (Å²) in [6.45, 7) is 0. The Labute approximate surface area is 96.5 Å². The third-order valence-electron chi connectivity index (χ3n) is 1.70. The van der Waals surface area contributed by atoms with E-state index in [9.17, 15) is 0 Å². The number of aromatic nitrogens is 2. The van der Waals surface area contributed by atoms with Crippen molar-refractivity contribution in [2.45, 2.75) is 5.16 Å². The molecule has 1 aromatic carbocycles. The van der Waals surface area contributed by atoms with Gasteiger partial charge in [0, 0.05) is 17.7 Å². The average Bonchev–Trinajstić information content (AvgIpc) is 2.76. The largest absolute Gasteiger partial charge is 0.229 e. The maximum Gasteiger partial charge on any atom is 0.229 e. The normalized spacial score (nSPS) is 11.0. The zero-order chi connectivity index (χ0) is 10.5. The number of hydrogen-bond donors (Lipinski definition) is 0. The molecule has 0 amide bonds. The van der Waals surface area contributed by atoms with Gasteiger partial charge in [-0.25, -0.2) is 4.99 Å². The van der Waals surface area contributed by atoms with Crippen molar-refractivity contribution in [3.8, 4) is 0 Å². The van der Waals surface area contributed by atoms with E-state index in [-0.39, 0.29) is 0 Å². The Balaban J connectivity index is 2.11. The fraction of sp³-hybridized carbons (Fsp3) is 0.100. The van der Waals surface area contributed by atoms with Crippen molar-refractivity contribution >= 4 is 34.6 Å². The topological polar surface area (TPSA) is 38.1 Å². The molecule has 5 heteroatoms. The second-order valence-corrected chi connectivity index (χ2v) is 4.24. The quantitative estimate of drug-likeness (QED) is 0.606. The Morgan fingerprint density at radius 2 is 2.13 bits per heavy atom. The number of thioether (sulfide) groups is 1. The van der Waals surface area contributed by atoms with Gasteiger partial charge in [-0.05, 0) is 11.8 Å². The van der Waals surface area contributed by atoms with Crippen LogP contribution in [-0.4, -0.2) is 21.8 Å². The van der Waals surface area contributed by atoms with E-state index in [2.05, 4.69) is 14.3 Å². The minimum absolute atomic E-state index is 0.697. The molecule has 0 atom stereocenters. The fourth-order valence-corrected chi connectivity index (χ4v) is 2.08. The molecular formula is C10H9N3S2. The molecule has 0 aliphatic heterocycles. The van der Waals surface area contributed by atoms with Gasteiger partial charge in [-0.15, -0.1) is 0 Å². The molecule has 1 aromatic heterocycles. The molecule has 3 nitrogen and oxygen atoms in total. The average molecular weight is 235 g/mol. The van der Waals surface area contributed by atoms with Crippen molar-refractivity contribution in [1.29, 1.82) is 0 Å². The minimum Gasteiger partial charge on any atom is -0.226 e. The Kier molecular flexibility index (Phi) is 3.47. The molecule has 0 saturated heterocycles. The van der Waals surface area contributed by atoms with E-state index in [1.807, 2.05) is 36.6 Å². The summed E-state index contributed by atoms with van der Waals surface area (Å²) in [4.78, 5) is 8.47. The molecule has 15 heavy (non-hydrogen) atoms. The van der Waals surface area contributed by atoms with Crippen LogP contribution in [-0.2, 0) is 0 Å². The second-order valence-electron chi connectivity index (χ2n) is 2.73. The summed E-state index contributed by atoms with van der Waals surface area (Å²) in [6, 6.07) is 9.94. The lowest BCUT2D eigenvalue weighted by atomic mass is 10.2. The number of hydrogen-bond acceptors (Lipinski definition) is 5. The summed E-state index contributed by atoms with van der Waals surface area (Å²) < 4.78 is 4.13. The van der Waals surface area contributed by atoms with Crippen LogP contribution in [0.15, 0.2) is 40.5 Å². The first-order valence-electron chi connectivity index (χ1n) is 4.35. The Hall–Kier alpha value is -1.20. The van der Waals surface area contributed by atoms with Crippen LogP contribution in [0, 0.1) is 0 Å². The van der Waals surface area contributed by atoms with Crippen molar-refractivity contribution in [3.63, 3.8) is 0 Å². The third-order valence-corrected chi connectivity index (χ3v) is 2.99. The maximum atomic E-state index is 4.25. The first-order valence-corrected chi connectivity index (χ1v) is 6.35. The highest BCUT2D eigenvalue weighted by Crippen LogP contribution is 2.19.